The lowest BCUT2D eigenvalue weighted by Gasteiger charge is -2.23. The molecule has 6 nitrogen and oxygen atoms in total. The number of primary amides is 1. The molecule has 7 heteroatoms. The van der Waals surface area contributed by atoms with Crippen LogP contribution in [-0.4, -0.2) is 22.9 Å². The van der Waals surface area contributed by atoms with E-state index in [0.29, 0.717) is 22.9 Å². The summed E-state index contributed by atoms with van der Waals surface area (Å²) in [5.74, 6) is -2.59. The van der Waals surface area contributed by atoms with E-state index in [1.807, 2.05) is 12.2 Å². The second-order valence-electron chi connectivity index (χ2n) is 8.30. The molecule has 2 bridgehead atoms. The van der Waals surface area contributed by atoms with Gasteiger partial charge in [0.25, 0.3) is 5.91 Å². The normalized spacial score (nSPS) is 30.2. The van der Waals surface area contributed by atoms with Gasteiger partial charge >= 0.3 is 5.97 Å². The van der Waals surface area contributed by atoms with Crippen LogP contribution in [0.25, 0.3) is 0 Å². The van der Waals surface area contributed by atoms with E-state index >= 15 is 0 Å². The molecule has 0 saturated heterocycles. The Kier molecular flexibility index (Phi) is 5.04. The SMILES string of the molecule is CCC[C@@H]1CCc2c(sc(NC(=O)[C@H]3[C@@H](C(=O)O)[C@H]4C=C[C@H]3C4)c2C(N)=O)C1. The van der Waals surface area contributed by atoms with Crippen LogP contribution in [-0.2, 0) is 22.4 Å². The van der Waals surface area contributed by atoms with Crippen molar-refractivity contribution in [3.05, 3.63) is 28.2 Å². The Balaban J connectivity index is 1.60. The molecule has 0 spiro atoms. The molecule has 3 aliphatic carbocycles. The third-order valence-electron chi connectivity index (χ3n) is 6.59. The molecule has 1 saturated carbocycles. The lowest BCUT2D eigenvalue weighted by molar-refractivity contribution is -0.146. The number of hydrogen-bond donors (Lipinski definition) is 3. The minimum atomic E-state index is -0.931. The summed E-state index contributed by atoms with van der Waals surface area (Å²) in [4.78, 5) is 38.0. The molecule has 1 aromatic heterocycles. The predicted octanol–water partition coefficient (Wildman–Crippen LogP) is 3.21. The maximum absolute atomic E-state index is 13.0. The monoisotopic (exact) mass is 402 g/mol. The first-order valence-electron chi connectivity index (χ1n) is 10.1. The number of anilines is 1. The summed E-state index contributed by atoms with van der Waals surface area (Å²) in [6.45, 7) is 2.17. The molecular formula is C21H26N2O4S. The summed E-state index contributed by atoms with van der Waals surface area (Å²) < 4.78 is 0. The van der Waals surface area contributed by atoms with Crippen molar-refractivity contribution in [3.63, 3.8) is 0 Å². The maximum atomic E-state index is 13.0. The Bertz CT molecular complexity index is 859. The van der Waals surface area contributed by atoms with Crippen molar-refractivity contribution < 1.29 is 19.5 Å². The number of nitrogens with one attached hydrogen (secondary N) is 1. The quantitative estimate of drug-likeness (QED) is 0.635. The summed E-state index contributed by atoms with van der Waals surface area (Å²) in [6.07, 6.45) is 9.62. The van der Waals surface area contributed by atoms with Crippen molar-refractivity contribution in [3.8, 4) is 0 Å². The molecule has 1 aromatic rings. The van der Waals surface area contributed by atoms with Crippen LogP contribution in [0.3, 0.4) is 0 Å². The molecule has 28 heavy (non-hydrogen) atoms. The summed E-state index contributed by atoms with van der Waals surface area (Å²) in [7, 11) is 0. The van der Waals surface area contributed by atoms with E-state index in [-0.39, 0.29) is 17.7 Å². The Morgan fingerprint density at radius 1 is 1.25 bits per heavy atom. The van der Waals surface area contributed by atoms with Crippen LogP contribution >= 0.6 is 11.3 Å². The van der Waals surface area contributed by atoms with Crippen molar-refractivity contribution >= 4 is 34.1 Å². The third-order valence-corrected chi connectivity index (χ3v) is 7.76. The first-order chi connectivity index (χ1) is 13.4. The number of rotatable bonds is 6. The van der Waals surface area contributed by atoms with E-state index in [0.717, 1.165) is 42.5 Å². The molecule has 150 valence electrons. The van der Waals surface area contributed by atoms with Gasteiger partial charge in [-0.15, -0.1) is 11.3 Å². The highest BCUT2D eigenvalue weighted by Crippen LogP contribution is 2.49. The number of carboxylic acid groups (broad SMARTS) is 1. The zero-order valence-corrected chi connectivity index (χ0v) is 16.8. The van der Waals surface area contributed by atoms with E-state index < -0.39 is 23.7 Å². The predicted molar refractivity (Wildman–Crippen MR) is 107 cm³/mol. The first-order valence-corrected chi connectivity index (χ1v) is 10.9. The fraction of sp³-hybridized carbons (Fsp3) is 0.571. The number of carbonyl (C=O) groups is 3. The molecule has 1 heterocycles. The van der Waals surface area contributed by atoms with Crippen LogP contribution in [0.1, 0.15) is 53.4 Å². The molecule has 0 unspecified atom stereocenters. The van der Waals surface area contributed by atoms with E-state index in [1.165, 1.54) is 11.3 Å². The minimum Gasteiger partial charge on any atom is -0.481 e. The largest absolute Gasteiger partial charge is 0.481 e. The van der Waals surface area contributed by atoms with Crippen molar-refractivity contribution in [1.82, 2.24) is 0 Å². The standard InChI is InChI=1S/C21H26N2O4S/c1-2-3-10-4-7-13-14(8-10)28-20(17(13)18(22)24)23-19(25)15-11-5-6-12(9-11)16(15)21(26)27/h5-6,10-12,15-16H,2-4,7-9H2,1H3,(H2,22,24)(H,23,25)(H,26,27)/t10-,11+,12+,15-,16+/m1/s1. The van der Waals surface area contributed by atoms with Crippen LogP contribution in [0.5, 0.6) is 0 Å². The number of thiophene rings is 1. The zero-order chi connectivity index (χ0) is 20.0. The van der Waals surface area contributed by atoms with Crippen LogP contribution in [0.2, 0.25) is 0 Å². The number of hydrogen-bond acceptors (Lipinski definition) is 4. The third kappa shape index (κ3) is 3.15. The van der Waals surface area contributed by atoms with Crippen LogP contribution in [0.4, 0.5) is 5.00 Å². The van der Waals surface area contributed by atoms with Gasteiger partial charge in [-0.2, -0.15) is 0 Å². The number of aliphatic carboxylic acids is 1. The smallest absolute Gasteiger partial charge is 0.307 e. The molecule has 3 aliphatic rings. The number of allylic oxidation sites excluding steroid dienone is 2. The van der Waals surface area contributed by atoms with Gasteiger partial charge in [0.1, 0.15) is 5.00 Å². The molecule has 0 aromatic carbocycles. The van der Waals surface area contributed by atoms with Gasteiger partial charge in [0.15, 0.2) is 0 Å². The van der Waals surface area contributed by atoms with Crippen LogP contribution < -0.4 is 11.1 Å². The summed E-state index contributed by atoms with van der Waals surface area (Å²) in [5, 5.41) is 13.0. The molecular weight excluding hydrogens is 376 g/mol. The van der Waals surface area contributed by atoms with Gasteiger partial charge in [0.05, 0.1) is 17.4 Å². The van der Waals surface area contributed by atoms with Crippen LogP contribution in [0.15, 0.2) is 12.2 Å². The lowest BCUT2D eigenvalue weighted by atomic mass is 9.82. The van der Waals surface area contributed by atoms with Gasteiger partial charge in [-0.05, 0) is 49.0 Å². The first kappa shape index (κ1) is 19.2. The molecule has 0 aliphatic heterocycles. The van der Waals surface area contributed by atoms with Gasteiger partial charge in [-0.3, -0.25) is 14.4 Å². The number of nitrogens with two attached hydrogens (primary N) is 1. The topological polar surface area (TPSA) is 109 Å². The van der Waals surface area contributed by atoms with Gasteiger partial charge in [0.2, 0.25) is 5.91 Å². The minimum absolute atomic E-state index is 0.0494. The highest BCUT2D eigenvalue weighted by Gasteiger charge is 2.51. The average molecular weight is 403 g/mol. The summed E-state index contributed by atoms with van der Waals surface area (Å²) >= 11 is 1.44. The second kappa shape index (κ2) is 7.35. The van der Waals surface area contributed by atoms with Crippen molar-refractivity contribution in [2.45, 2.75) is 45.4 Å². The molecule has 4 N–H and O–H groups in total. The van der Waals surface area contributed by atoms with Crippen molar-refractivity contribution in [2.24, 2.45) is 35.3 Å². The fourth-order valence-electron chi connectivity index (χ4n) is 5.37. The Hall–Kier alpha value is -2.15. The fourth-order valence-corrected chi connectivity index (χ4v) is 6.74. The van der Waals surface area contributed by atoms with Gasteiger partial charge in [-0.1, -0.05) is 31.9 Å². The maximum Gasteiger partial charge on any atom is 0.307 e. The highest BCUT2D eigenvalue weighted by molar-refractivity contribution is 7.17. The number of carbonyl (C=O) groups excluding carboxylic acids is 2. The molecule has 5 atom stereocenters. The van der Waals surface area contributed by atoms with Gasteiger partial charge in [-0.25, -0.2) is 0 Å². The Morgan fingerprint density at radius 2 is 1.96 bits per heavy atom. The molecule has 4 rings (SSSR count). The Morgan fingerprint density at radius 3 is 2.61 bits per heavy atom. The average Bonchev–Trinajstić information content (AvgIpc) is 3.33. The van der Waals surface area contributed by atoms with Crippen molar-refractivity contribution in [2.75, 3.05) is 5.32 Å². The Labute approximate surface area is 168 Å². The second-order valence-corrected chi connectivity index (χ2v) is 9.40. The van der Waals surface area contributed by atoms with Crippen LogP contribution in [0, 0.1) is 29.6 Å². The van der Waals surface area contributed by atoms with Crippen molar-refractivity contribution in [1.29, 1.82) is 0 Å². The van der Waals surface area contributed by atoms with E-state index in [2.05, 4.69) is 12.2 Å². The number of fused-ring (bicyclic) bond motifs is 3. The van der Waals surface area contributed by atoms with E-state index in [1.54, 1.807) is 0 Å². The number of amides is 2. The number of carboxylic acids is 1. The zero-order valence-electron chi connectivity index (χ0n) is 15.9. The molecule has 2 amide bonds. The summed E-state index contributed by atoms with van der Waals surface area (Å²) in [5.41, 5.74) is 7.05. The van der Waals surface area contributed by atoms with Gasteiger partial charge < -0.3 is 16.2 Å². The van der Waals surface area contributed by atoms with E-state index in [4.69, 9.17) is 5.73 Å². The lowest BCUT2D eigenvalue weighted by Crippen LogP contribution is -2.36. The summed E-state index contributed by atoms with van der Waals surface area (Å²) in [6, 6.07) is 0. The highest BCUT2D eigenvalue weighted by atomic mass is 32.1. The van der Waals surface area contributed by atoms with Gasteiger partial charge in [0, 0.05) is 4.88 Å². The molecule has 1 fully saturated rings. The molecule has 0 radical (unpaired) electrons. The van der Waals surface area contributed by atoms with E-state index in [9.17, 15) is 19.5 Å².